The van der Waals surface area contributed by atoms with E-state index in [2.05, 4.69) is 5.32 Å². The number of carboxylic acids is 1. The summed E-state index contributed by atoms with van der Waals surface area (Å²) >= 11 is 0. The fourth-order valence-corrected chi connectivity index (χ4v) is 2.73. The molecular weight excluding hydrogens is 306 g/mol. The van der Waals surface area contributed by atoms with Crippen molar-refractivity contribution < 1.29 is 19.8 Å². The molecule has 0 saturated heterocycles. The molecule has 0 unspecified atom stereocenters. The summed E-state index contributed by atoms with van der Waals surface area (Å²) in [7, 11) is 0. The molecule has 0 aliphatic carbocycles. The monoisotopic (exact) mass is 329 g/mol. The van der Waals surface area contributed by atoms with Gasteiger partial charge >= 0.3 is 5.97 Å². The van der Waals surface area contributed by atoms with Crippen molar-refractivity contribution in [3.8, 4) is 0 Å². The van der Waals surface area contributed by atoms with E-state index in [0.29, 0.717) is 12.8 Å². The van der Waals surface area contributed by atoms with Crippen LogP contribution in [0.15, 0.2) is 42.5 Å². The molecule has 0 aliphatic heterocycles. The maximum atomic E-state index is 11.9. The number of nitrogens with one attached hydrogen (secondary N) is 1. The van der Waals surface area contributed by atoms with Crippen LogP contribution in [0.1, 0.15) is 31.2 Å². The molecule has 0 spiro atoms. The summed E-state index contributed by atoms with van der Waals surface area (Å²) in [5.74, 6) is -1.30. The Morgan fingerprint density at radius 1 is 1.00 bits per heavy atom. The van der Waals surface area contributed by atoms with Crippen LogP contribution in [0.2, 0.25) is 0 Å². The lowest BCUT2D eigenvalue weighted by atomic mass is 9.98. The molecular formula is C19H23NO4. The van der Waals surface area contributed by atoms with Crippen LogP contribution in [0.5, 0.6) is 0 Å². The minimum absolute atomic E-state index is 0.112. The third-order valence-electron chi connectivity index (χ3n) is 4.00. The largest absolute Gasteiger partial charge is 0.480 e. The number of fused-ring (bicyclic) bond motifs is 1. The van der Waals surface area contributed by atoms with Crippen LogP contribution in [0.3, 0.4) is 0 Å². The Morgan fingerprint density at radius 3 is 2.50 bits per heavy atom. The zero-order valence-corrected chi connectivity index (χ0v) is 13.6. The quantitative estimate of drug-likeness (QED) is 0.617. The summed E-state index contributed by atoms with van der Waals surface area (Å²) in [5.41, 5.74) is 0.904. The van der Waals surface area contributed by atoms with Gasteiger partial charge in [0.15, 0.2) is 0 Å². The Balaban J connectivity index is 2.03. The third-order valence-corrected chi connectivity index (χ3v) is 4.00. The predicted molar refractivity (Wildman–Crippen MR) is 92.8 cm³/mol. The summed E-state index contributed by atoms with van der Waals surface area (Å²) < 4.78 is 0. The number of hydrogen-bond donors (Lipinski definition) is 3. The lowest BCUT2D eigenvalue weighted by Gasteiger charge is -2.16. The highest BCUT2D eigenvalue weighted by Gasteiger charge is 2.21. The maximum Gasteiger partial charge on any atom is 0.326 e. The second-order valence-corrected chi connectivity index (χ2v) is 5.84. The first-order chi connectivity index (χ1) is 11.6. The fourth-order valence-electron chi connectivity index (χ4n) is 2.73. The molecule has 0 bridgehead atoms. The van der Waals surface area contributed by atoms with E-state index in [-0.39, 0.29) is 25.4 Å². The average Bonchev–Trinajstić information content (AvgIpc) is 2.58. The second kappa shape index (κ2) is 9.03. The van der Waals surface area contributed by atoms with Gasteiger partial charge < -0.3 is 15.5 Å². The Hall–Kier alpha value is -2.40. The van der Waals surface area contributed by atoms with Gasteiger partial charge in [-0.2, -0.15) is 0 Å². The maximum absolute atomic E-state index is 11.9. The minimum Gasteiger partial charge on any atom is -0.480 e. The first-order valence-corrected chi connectivity index (χ1v) is 8.21. The van der Waals surface area contributed by atoms with Crippen LogP contribution in [0, 0.1) is 0 Å². The van der Waals surface area contributed by atoms with E-state index in [1.54, 1.807) is 0 Å². The molecule has 5 nitrogen and oxygen atoms in total. The van der Waals surface area contributed by atoms with Crippen molar-refractivity contribution in [1.82, 2.24) is 5.32 Å². The average molecular weight is 329 g/mol. The smallest absolute Gasteiger partial charge is 0.326 e. The van der Waals surface area contributed by atoms with E-state index in [0.717, 1.165) is 22.8 Å². The van der Waals surface area contributed by atoms with Gasteiger partial charge in [-0.25, -0.2) is 4.79 Å². The number of carboxylic acid groups (broad SMARTS) is 1. The van der Waals surface area contributed by atoms with Crippen molar-refractivity contribution in [3.05, 3.63) is 48.0 Å². The van der Waals surface area contributed by atoms with Crippen molar-refractivity contribution in [2.75, 3.05) is 6.61 Å². The molecule has 0 radical (unpaired) electrons. The molecule has 0 aromatic heterocycles. The van der Waals surface area contributed by atoms with Gasteiger partial charge in [0.05, 0.1) is 0 Å². The molecule has 2 aromatic rings. The van der Waals surface area contributed by atoms with Gasteiger partial charge in [-0.05, 0) is 29.2 Å². The third kappa shape index (κ3) is 5.06. The summed E-state index contributed by atoms with van der Waals surface area (Å²) in [6, 6.07) is 12.6. The zero-order chi connectivity index (χ0) is 17.4. The van der Waals surface area contributed by atoms with E-state index in [9.17, 15) is 14.7 Å². The molecule has 1 atom stereocenters. The molecule has 0 heterocycles. The Bertz CT molecular complexity index is 693. The van der Waals surface area contributed by atoms with Crippen LogP contribution in [-0.4, -0.2) is 34.7 Å². The second-order valence-electron chi connectivity index (χ2n) is 5.84. The summed E-state index contributed by atoms with van der Waals surface area (Å²) in [6.07, 6.45) is 2.59. The van der Waals surface area contributed by atoms with Gasteiger partial charge in [0.25, 0.3) is 0 Å². The number of amides is 1. The number of hydrogen-bond acceptors (Lipinski definition) is 3. The van der Waals surface area contributed by atoms with Crippen molar-refractivity contribution in [2.24, 2.45) is 0 Å². The SMILES string of the molecule is O=C(CCCCCO)N[C@@H](Cc1cccc2ccccc12)C(=O)O. The first-order valence-electron chi connectivity index (χ1n) is 8.21. The van der Waals surface area contributed by atoms with Gasteiger partial charge in [0.2, 0.25) is 5.91 Å². The number of carbonyl (C=O) groups is 2. The number of aliphatic hydroxyl groups excluding tert-OH is 1. The summed E-state index contributed by atoms with van der Waals surface area (Å²) in [4.78, 5) is 23.4. The molecule has 0 fully saturated rings. The summed E-state index contributed by atoms with van der Waals surface area (Å²) in [6.45, 7) is 0.112. The number of benzene rings is 2. The summed E-state index contributed by atoms with van der Waals surface area (Å²) in [5, 5.41) is 22.8. The molecule has 3 N–H and O–H groups in total. The molecule has 128 valence electrons. The van der Waals surface area contributed by atoms with Crippen molar-refractivity contribution in [2.45, 2.75) is 38.1 Å². The van der Waals surface area contributed by atoms with E-state index >= 15 is 0 Å². The van der Waals surface area contributed by atoms with Crippen molar-refractivity contribution in [3.63, 3.8) is 0 Å². The van der Waals surface area contributed by atoms with Crippen molar-refractivity contribution >= 4 is 22.6 Å². The first kappa shape index (κ1) is 17.9. The van der Waals surface area contributed by atoms with Gasteiger partial charge in [0.1, 0.15) is 6.04 Å². The van der Waals surface area contributed by atoms with Gasteiger partial charge in [0, 0.05) is 19.4 Å². The van der Waals surface area contributed by atoms with Crippen LogP contribution in [-0.2, 0) is 16.0 Å². The zero-order valence-electron chi connectivity index (χ0n) is 13.6. The van der Waals surface area contributed by atoms with Crippen LogP contribution in [0.4, 0.5) is 0 Å². The van der Waals surface area contributed by atoms with E-state index in [1.807, 2.05) is 42.5 Å². The highest BCUT2D eigenvalue weighted by atomic mass is 16.4. The van der Waals surface area contributed by atoms with Crippen molar-refractivity contribution in [1.29, 1.82) is 0 Å². The molecule has 24 heavy (non-hydrogen) atoms. The predicted octanol–water partition coefficient (Wildman–Crippen LogP) is 2.50. The topological polar surface area (TPSA) is 86.6 Å². The van der Waals surface area contributed by atoms with E-state index < -0.39 is 12.0 Å². The van der Waals surface area contributed by atoms with Gasteiger partial charge in [-0.15, -0.1) is 0 Å². The molecule has 0 saturated carbocycles. The molecule has 1 amide bonds. The lowest BCUT2D eigenvalue weighted by Crippen LogP contribution is -2.42. The Labute approximate surface area is 141 Å². The lowest BCUT2D eigenvalue weighted by molar-refractivity contribution is -0.141. The Kier molecular flexibility index (Phi) is 6.75. The highest BCUT2D eigenvalue weighted by Crippen LogP contribution is 2.20. The molecule has 0 aliphatic rings. The molecule has 2 rings (SSSR count). The number of carbonyl (C=O) groups excluding carboxylic acids is 1. The molecule has 5 heteroatoms. The molecule has 2 aromatic carbocycles. The van der Waals surface area contributed by atoms with Gasteiger partial charge in [-0.1, -0.05) is 48.9 Å². The highest BCUT2D eigenvalue weighted by molar-refractivity contribution is 5.88. The van der Waals surface area contributed by atoms with Gasteiger partial charge in [-0.3, -0.25) is 4.79 Å². The minimum atomic E-state index is -1.04. The van der Waals surface area contributed by atoms with Crippen LogP contribution >= 0.6 is 0 Å². The van der Waals surface area contributed by atoms with Crippen LogP contribution < -0.4 is 5.32 Å². The number of rotatable bonds is 9. The number of unbranched alkanes of at least 4 members (excludes halogenated alkanes) is 2. The Morgan fingerprint density at radius 2 is 1.75 bits per heavy atom. The normalized spacial score (nSPS) is 12.0. The van der Waals surface area contributed by atoms with E-state index in [4.69, 9.17) is 5.11 Å². The number of aliphatic carboxylic acids is 1. The fraction of sp³-hybridized carbons (Fsp3) is 0.368. The number of aliphatic hydroxyl groups is 1. The van der Waals surface area contributed by atoms with E-state index in [1.165, 1.54) is 0 Å². The van der Waals surface area contributed by atoms with Crippen LogP contribution in [0.25, 0.3) is 10.8 Å². The standard InChI is InChI=1S/C19H23NO4/c21-12-5-1-2-11-18(22)20-17(19(23)24)13-15-9-6-8-14-7-3-4-10-16(14)15/h3-4,6-10,17,21H,1-2,5,11-13H2,(H,20,22)(H,23,24)/t17-/m0/s1.